The third kappa shape index (κ3) is 8.75. The van der Waals surface area contributed by atoms with Gasteiger partial charge in [0.15, 0.2) is 0 Å². The fourth-order valence-electron chi connectivity index (χ4n) is 8.04. The van der Waals surface area contributed by atoms with Crippen molar-refractivity contribution in [1.82, 2.24) is 19.5 Å². The molecule has 11 rings (SSSR count). The molecule has 11 aromatic rings. The summed E-state index contributed by atoms with van der Waals surface area (Å²) in [4.78, 5) is 14.2. The van der Waals surface area contributed by atoms with Crippen LogP contribution >= 0.6 is 0 Å². The van der Waals surface area contributed by atoms with E-state index in [1.807, 2.05) is 108 Å². The molecule has 0 aliphatic carbocycles. The number of aromatic nitrogens is 4. The molecular formula is C57H43FGeIrN4O-2. The van der Waals surface area contributed by atoms with Gasteiger partial charge in [-0.3, -0.25) is 9.97 Å². The summed E-state index contributed by atoms with van der Waals surface area (Å²) in [5.74, 6) is 7.23. The maximum absolute atomic E-state index is 16.1. The second-order valence-electron chi connectivity index (χ2n) is 16.6. The topological polar surface area (TPSA) is 56.7 Å². The van der Waals surface area contributed by atoms with E-state index in [0.717, 1.165) is 55.5 Å². The van der Waals surface area contributed by atoms with E-state index in [4.69, 9.17) is 13.5 Å². The molecule has 319 valence electrons. The normalized spacial score (nSPS) is 12.2. The van der Waals surface area contributed by atoms with Crippen molar-refractivity contribution in [2.45, 2.75) is 24.1 Å². The number of pyridine rings is 2. The van der Waals surface area contributed by atoms with Crippen molar-refractivity contribution in [2.75, 3.05) is 0 Å². The van der Waals surface area contributed by atoms with Crippen LogP contribution in [-0.4, -0.2) is 32.8 Å². The zero-order valence-corrected chi connectivity index (χ0v) is 40.3. The first kappa shape index (κ1) is 39.8. The molecule has 0 atom stereocenters. The van der Waals surface area contributed by atoms with Crippen LogP contribution in [0.1, 0.15) is 9.68 Å². The summed E-state index contributed by atoms with van der Waals surface area (Å²) in [6, 6.07) is 62.6. The van der Waals surface area contributed by atoms with Crippen LogP contribution in [0.3, 0.4) is 0 Å². The molecule has 0 unspecified atom stereocenters. The fourth-order valence-corrected chi connectivity index (χ4v) is 10.2. The van der Waals surface area contributed by atoms with Gasteiger partial charge >= 0.3 is 99.8 Å². The Kier molecular flexibility index (Phi) is 11.3. The summed E-state index contributed by atoms with van der Waals surface area (Å²) in [5, 5.41) is 1.65. The number of aryl methyl sites for hydroxylation is 1. The van der Waals surface area contributed by atoms with Crippen molar-refractivity contribution in [2.24, 2.45) is 0 Å². The molecule has 4 aromatic heterocycles. The van der Waals surface area contributed by atoms with Crippen LogP contribution in [0.4, 0.5) is 4.39 Å². The first-order valence-corrected chi connectivity index (χ1v) is 28.5. The summed E-state index contributed by atoms with van der Waals surface area (Å²) in [7, 11) is 0. The van der Waals surface area contributed by atoms with E-state index in [0.29, 0.717) is 39.3 Å². The van der Waals surface area contributed by atoms with Crippen LogP contribution in [-0.2, 0) is 20.1 Å². The SMILES string of the molecule is [2H]C([2H])([2H])c1ccc(-c2cc3c(cn2)oc2c(-c4nc5cccc(F)c5n4-c4cc(-c5ccccc5)ccc4-c4ccccc4)[c-]ccc23)cc1.[CH3][Ge]([CH3])([CH3])[c]1ccc(-c2[c-]cccc2)nc1.[Ir]. The van der Waals surface area contributed by atoms with Crippen LogP contribution < -0.4 is 4.40 Å². The van der Waals surface area contributed by atoms with Gasteiger partial charge in [-0.2, -0.15) is 0 Å². The summed E-state index contributed by atoms with van der Waals surface area (Å²) >= 11 is -1.72. The number of hydrogen-bond donors (Lipinski definition) is 0. The van der Waals surface area contributed by atoms with Gasteiger partial charge in [-0.15, -0.1) is 18.2 Å². The standard InChI is InChI=1S/C43H27FN3O.C14H16GeN.Ir/c1-27-18-20-30(21-19-27)38-25-35-33-14-8-15-34(42(33)48-40(35)26-45-38)43-46-37-17-9-16-36(44)41(37)47(43)39-24-31(28-10-4-2-5-11-28)22-23-32(39)29-12-6-3-7-13-29;1-15(2,3)13-9-10-14(16-11-13)12-7-5-4-6-8-12;/h2-14,16-26H,1H3;4-7,9-11H,1-3H3;/q2*-1;/i1D3;;. The number of para-hydroxylation sites is 1. The number of imidazole rings is 1. The van der Waals surface area contributed by atoms with E-state index in [2.05, 4.69) is 81.8 Å². The molecule has 65 heavy (non-hydrogen) atoms. The Morgan fingerprint density at radius 1 is 0.631 bits per heavy atom. The molecule has 8 heteroatoms. The second-order valence-corrected chi connectivity index (χ2v) is 27.3. The molecule has 7 aromatic carbocycles. The monoisotopic (exact) mass is 1090 g/mol. The van der Waals surface area contributed by atoms with Crippen molar-refractivity contribution in [3.63, 3.8) is 0 Å². The Labute approximate surface area is 398 Å². The molecule has 0 saturated carbocycles. The van der Waals surface area contributed by atoms with Gasteiger partial charge in [0.05, 0.1) is 34.3 Å². The molecule has 0 aliphatic rings. The molecule has 0 saturated heterocycles. The quantitative estimate of drug-likeness (QED) is 0.118. The Hall–Kier alpha value is -6.77. The van der Waals surface area contributed by atoms with E-state index in [1.165, 1.54) is 10.5 Å². The fraction of sp³-hybridized carbons (Fsp3) is 0.0702. The largest absolute Gasteiger partial charge is 0 e. The van der Waals surface area contributed by atoms with Crippen molar-refractivity contribution < 1.29 is 33.0 Å². The Morgan fingerprint density at radius 3 is 2.08 bits per heavy atom. The smallest absolute Gasteiger partial charge is 0 e. The third-order valence-electron chi connectivity index (χ3n) is 11.4. The summed E-state index contributed by atoms with van der Waals surface area (Å²) in [6.07, 6.45) is 3.71. The summed E-state index contributed by atoms with van der Waals surface area (Å²) in [6.45, 7) is -2.19. The van der Waals surface area contributed by atoms with Gasteiger partial charge in [-0.25, -0.2) is 4.39 Å². The predicted molar refractivity (Wildman–Crippen MR) is 263 cm³/mol. The summed E-state index contributed by atoms with van der Waals surface area (Å²) in [5.41, 5.74) is 11.0. The molecular weight excluding hydrogens is 1040 g/mol. The van der Waals surface area contributed by atoms with E-state index < -0.39 is 25.9 Å². The van der Waals surface area contributed by atoms with E-state index >= 15 is 4.39 Å². The van der Waals surface area contributed by atoms with Gasteiger partial charge in [0.25, 0.3) is 0 Å². The first-order valence-electron chi connectivity index (χ1n) is 22.6. The molecule has 0 amide bonds. The van der Waals surface area contributed by atoms with Gasteiger partial charge in [-0.05, 0) is 47.8 Å². The van der Waals surface area contributed by atoms with Crippen molar-refractivity contribution >= 4 is 50.6 Å². The van der Waals surface area contributed by atoms with Crippen LogP contribution in [0.15, 0.2) is 193 Å². The average molecular weight is 1090 g/mol. The van der Waals surface area contributed by atoms with Gasteiger partial charge in [0.1, 0.15) is 11.4 Å². The van der Waals surface area contributed by atoms with E-state index in [-0.39, 0.29) is 25.7 Å². The minimum atomic E-state index is -2.19. The number of halogens is 1. The minimum Gasteiger partial charge on any atom is 0 e. The Bertz CT molecular complexity index is 3540. The van der Waals surface area contributed by atoms with Gasteiger partial charge in [0.2, 0.25) is 0 Å². The van der Waals surface area contributed by atoms with Gasteiger partial charge < -0.3 is 8.98 Å². The number of benzene rings is 7. The number of fused-ring (bicyclic) bond motifs is 4. The van der Waals surface area contributed by atoms with Crippen LogP contribution in [0.2, 0.25) is 17.3 Å². The molecule has 4 heterocycles. The maximum Gasteiger partial charge on any atom is 0 e. The zero-order valence-electron chi connectivity index (χ0n) is 38.8. The van der Waals surface area contributed by atoms with Crippen LogP contribution in [0.25, 0.3) is 94.8 Å². The number of nitrogens with zero attached hydrogens (tertiary/aromatic N) is 4. The van der Waals surface area contributed by atoms with Crippen LogP contribution in [0.5, 0.6) is 0 Å². The van der Waals surface area contributed by atoms with Gasteiger partial charge in [-0.1, -0.05) is 120 Å². The molecule has 0 fully saturated rings. The third-order valence-corrected chi connectivity index (χ3v) is 15.7. The number of rotatable bonds is 7. The molecule has 5 nitrogen and oxygen atoms in total. The van der Waals surface area contributed by atoms with E-state index in [9.17, 15) is 0 Å². The zero-order chi connectivity index (χ0) is 46.3. The minimum absolute atomic E-state index is 0. The predicted octanol–water partition coefficient (Wildman–Crippen LogP) is 14.3. The maximum atomic E-state index is 16.1. The number of hydrogen-bond acceptors (Lipinski definition) is 4. The molecule has 0 bridgehead atoms. The number of furan rings is 1. The molecule has 0 N–H and O–H groups in total. The van der Waals surface area contributed by atoms with Crippen LogP contribution in [0, 0.1) is 24.8 Å². The van der Waals surface area contributed by atoms with Crippen molar-refractivity contribution in [3.8, 4) is 61.8 Å². The first-order chi connectivity index (χ1) is 32.4. The molecule has 1 radical (unpaired) electrons. The Morgan fingerprint density at radius 2 is 1.37 bits per heavy atom. The van der Waals surface area contributed by atoms with E-state index in [1.54, 1.807) is 36.5 Å². The van der Waals surface area contributed by atoms with Crippen molar-refractivity contribution in [3.05, 3.63) is 212 Å². The second kappa shape index (κ2) is 18.4. The molecule has 0 spiro atoms. The van der Waals surface area contributed by atoms with Crippen molar-refractivity contribution in [1.29, 1.82) is 0 Å². The molecule has 0 aliphatic heterocycles. The summed E-state index contributed by atoms with van der Waals surface area (Å²) < 4.78 is 49.0. The van der Waals surface area contributed by atoms with Gasteiger partial charge in [0, 0.05) is 46.4 Å². The average Bonchev–Trinajstić information content (AvgIpc) is 3.94. The Balaban J connectivity index is 0.000000289.